The average Bonchev–Trinajstić information content (AvgIpc) is 2.18. The van der Waals surface area contributed by atoms with Crippen LogP contribution in [0.1, 0.15) is 19.3 Å². The fraction of sp³-hybridized carbons (Fsp3) is 0.571. The number of carbonyl (C=O) groups is 1. The predicted octanol–water partition coefficient (Wildman–Crippen LogP) is 0.843. The minimum atomic E-state index is 0.310. The van der Waals surface area contributed by atoms with Gasteiger partial charge in [-0.05, 0) is 12.8 Å². The molecule has 50 valence electrons. The van der Waals surface area contributed by atoms with Crippen LogP contribution in [0.3, 0.4) is 0 Å². The van der Waals surface area contributed by atoms with E-state index >= 15 is 0 Å². The summed E-state index contributed by atoms with van der Waals surface area (Å²) >= 11 is 0. The highest BCUT2D eigenvalue weighted by atomic mass is 16.1. The van der Waals surface area contributed by atoms with Crippen LogP contribution >= 0.6 is 0 Å². The van der Waals surface area contributed by atoms with Gasteiger partial charge in [0.2, 0.25) is 0 Å². The first-order valence-electron chi connectivity index (χ1n) is 3.24. The summed E-state index contributed by atoms with van der Waals surface area (Å²) < 4.78 is 0. The first-order chi connectivity index (χ1) is 4.34. The molecule has 0 bridgehead atoms. The molecule has 1 aliphatic rings. The summed E-state index contributed by atoms with van der Waals surface area (Å²) in [6, 6.07) is 0. The smallest absolute Gasteiger partial charge is 0.160 e. The number of rotatable bonds is 1. The number of ketones is 1. The molecule has 0 atom stereocenters. The molecule has 2 nitrogen and oxygen atoms in total. The number of carbonyl (C=O) groups excluding carboxylic acids is 1. The maximum absolute atomic E-state index is 10.9. The van der Waals surface area contributed by atoms with Gasteiger partial charge in [-0.1, -0.05) is 0 Å². The second-order valence-electron chi connectivity index (χ2n) is 2.23. The van der Waals surface area contributed by atoms with Crippen molar-refractivity contribution in [3.63, 3.8) is 0 Å². The van der Waals surface area contributed by atoms with Gasteiger partial charge in [-0.2, -0.15) is 0 Å². The minimum Gasteiger partial charge on any atom is -0.394 e. The number of nitrogens with one attached hydrogen (secondary N) is 1. The van der Waals surface area contributed by atoms with E-state index in [9.17, 15) is 4.79 Å². The van der Waals surface area contributed by atoms with Crippen molar-refractivity contribution in [3.05, 3.63) is 11.8 Å². The summed E-state index contributed by atoms with van der Waals surface area (Å²) in [5.74, 6) is 0.310. The largest absolute Gasteiger partial charge is 0.394 e. The van der Waals surface area contributed by atoms with Gasteiger partial charge in [0.15, 0.2) is 5.78 Å². The average molecular weight is 125 g/mol. The van der Waals surface area contributed by atoms with Crippen LogP contribution in [0.5, 0.6) is 0 Å². The van der Waals surface area contributed by atoms with Crippen molar-refractivity contribution in [2.75, 3.05) is 7.05 Å². The van der Waals surface area contributed by atoms with Crippen LogP contribution < -0.4 is 5.32 Å². The van der Waals surface area contributed by atoms with Gasteiger partial charge < -0.3 is 5.32 Å². The number of hydrogen-bond donors (Lipinski definition) is 1. The van der Waals surface area contributed by atoms with Crippen molar-refractivity contribution in [3.8, 4) is 0 Å². The van der Waals surface area contributed by atoms with E-state index in [1.807, 2.05) is 7.05 Å². The molecular weight excluding hydrogens is 114 g/mol. The van der Waals surface area contributed by atoms with Crippen molar-refractivity contribution < 1.29 is 4.79 Å². The van der Waals surface area contributed by atoms with Crippen LogP contribution in [0.2, 0.25) is 0 Å². The first kappa shape index (κ1) is 6.33. The Bertz CT molecular complexity index is 149. The van der Waals surface area contributed by atoms with Crippen LogP contribution in [-0.2, 0) is 4.79 Å². The Morgan fingerprint density at radius 2 is 2.33 bits per heavy atom. The molecule has 0 unspecified atom stereocenters. The van der Waals surface area contributed by atoms with Gasteiger partial charge >= 0.3 is 0 Å². The number of allylic oxidation sites excluding steroid dienone is 1. The zero-order valence-corrected chi connectivity index (χ0v) is 5.61. The topological polar surface area (TPSA) is 29.1 Å². The van der Waals surface area contributed by atoms with E-state index in [0.717, 1.165) is 24.8 Å². The molecular formula is C7H11NO. The fourth-order valence-corrected chi connectivity index (χ4v) is 1.07. The van der Waals surface area contributed by atoms with Gasteiger partial charge in [-0.15, -0.1) is 0 Å². The summed E-state index contributed by atoms with van der Waals surface area (Å²) in [6.07, 6.45) is 4.54. The van der Waals surface area contributed by atoms with E-state index < -0.39 is 0 Å². The van der Waals surface area contributed by atoms with E-state index in [1.54, 1.807) is 6.20 Å². The Morgan fingerprint density at radius 1 is 1.56 bits per heavy atom. The lowest BCUT2D eigenvalue weighted by Gasteiger charge is -1.91. The molecule has 1 rings (SSSR count). The van der Waals surface area contributed by atoms with Crippen molar-refractivity contribution >= 4 is 5.78 Å². The molecule has 0 aromatic carbocycles. The van der Waals surface area contributed by atoms with Gasteiger partial charge in [-0.3, -0.25) is 4.79 Å². The van der Waals surface area contributed by atoms with E-state index in [2.05, 4.69) is 5.32 Å². The lowest BCUT2D eigenvalue weighted by Crippen LogP contribution is -1.99. The third kappa shape index (κ3) is 1.31. The minimum absolute atomic E-state index is 0.310. The quantitative estimate of drug-likeness (QED) is 0.526. The molecule has 1 aliphatic carbocycles. The summed E-state index contributed by atoms with van der Waals surface area (Å²) in [4.78, 5) is 10.9. The standard InChI is InChI=1S/C7H11NO/c1-8-5-6-3-2-4-7(6)9/h5,8H,2-4H2,1H3/b6-5+. The molecule has 2 heteroatoms. The van der Waals surface area contributed by atoms with Crippen molar-refractivity contribution in [2.24, 2.45) is 0 Å². The maximum Gasteiger partial charge on any atom is 0.160 e. The zero-order valence-electron chi connectivity index (χ0n) is 5.61. The third-order valence-corrected chi connectivity index (χ3v) is 1.53. The van der Waals surface area contributed by atoms with Gasteiger partial charge in [0.05, 0.1) is 0 Å². The predicted molar refractivity (Wildman–Crippen MR) is 36.0 cm³/mol. The van der Waals surface area contributed by atoms with E-state index in [1.165, 1.54) is 0 Å². The molecule has 9 heavy (non-hydrogen) atoms. The van der Waals surface area contributed by atoms with Crippen LogP contribution in [0, 0.1) is 0 Å². The van der Waals surface area contributed by atoms with Gasteiger partial charge in [0.25, 0.3) is 0 Å². The van der Waals surface area contributed by atoms with Crippen molar-refractivity contribution in [2.45, 2.75) is 19.3 Å². The molecule has 0 radical (unpaired) electrons. The highest BCUT2D eigenvalue weighted by Crippen LogP contribution is 2.18. The van der Waals surface area contributed by atoms with Crippen molar-refractivity contribution in [1.29, 1.82) is 0 Å². The lowest BCUT2D eigenvalue weighted by atomic mass is 10.2. The van der Waals surface area contributed by atoms with Crippen LogP contribution in [0.25, 0.3) is 0 Å². The van der Waals surface area contributed by atoms with Crippen LogP contribution in [0.15, 0.2) is 11.8 Å². The van der Waals surface area contributed by atoms with Crippen molar-refractivity contribution in [1.82, 2.24) is 5.32 Å². The molecule has 0 heterocycles. The van der Waals surface area contributed by atoms with Gasteiger partial charge in [0, 0.05) is 25.2 Å². The molecule has 0 aromatic heterocycles. The fourth-order valence-electron chi connectivity index (χ4n) is 1.07. The summed E-state index contributed by atoms with van der Waals surface area (Å²) in [7, 11) is 1.82. The molecule has 0 amide bonds. The Morgan fingerprint density at radius 3 is 2.78 bits per heavy atom. The highest BCUT2D eigenvalue weighted by Gasteiger charge is 2.15. The van der Waals surface area contributed by atoms with E-state index in [0.29, 0.717) is 5.78 Å². The van der Waals surface area contributed by atoms with Crippen LogP contribution in [0.4, 0.5) is 0 Å². The Balaban J connectivity index is 2.59. The molecule has 1 fully saturated rings. The number of Topliss-reactive ketones (excluding diaryl/α,β-unsaturated/α-hetero) is 1. The Hall–Kier alpha value is -0.790. The third-order valence-electron chi connectivity index (χ3n) is 1.53. The van der Waals surface area contributed by atoms with E-state index in [4.69, 9.17) is 0 Å². The molecule has 1 N–H and O–H groups in total. The van der Waals surface area contributed by atoms with Crippen LogP contribution in [-0.4, -0.2) is 12.8 Å². The molecule has 0 aromatic rings. The molecule has 0 saturated heterocycles. The second-order valence-corrected chi connectivity index (χ2v) is 2.23. The Labute approximate surface area is 54.9 Å². The first-order valence-corrected chi connectivity index (χ1v) is 3.24. The van der Waals surface area contributed by atoms with Gasteiger partial charge in [-0.25, -0.2) is 0 Å². The second kappa shape index (κ2) is 2.67. The normalized spacial score (nSPS) is 23.2. The molecule has 0 spiro atoms. The summed E-state index contributed by atoms with van der Waals surface area (Å²) in [6.45, 7) is 0. The van der Waals surface area contributed by atoms with E-state index in [-0.39, 0.29) is 0 Å². The molecule has 1 saturated carbocycles. The lowest BCUT2D eigenvalue weighted by molar-refractivity contribution is -0.114. The monoisotopic (exact) mass is 125 g/mol. The number of hydrogen-bond acceptors (Lipinski definition) is 2. The Kier molecular flexibility index (Phi) is 1.88. The van der Waals surface area contributed by atoms with Gasteiger partial charge in [0.1, 0.15) is 0 Å². The SMILES string of the molecule is CN/C=C1\CCCC1=O. The maximum atomic E-state index is 10.9. The zero-order chi connectivity index (χ0) is 6.69. The molecule has 0 aliphatic heterocycles. The highest BCUT2D eigenvalue weighted by molar-refractivity contribution is 5.97. The summed E-state index contributed by atoms with van der Waals surface area (Å²) in [5.41, 5.74) is 0.956. The summed E-state index contributed by atoms with van der Waals surface area (Å²) in [5, 5.41) is 2.86.